The number of amides is 1. The van der Waals surface area contributed by atoms with Crippen molar-refractivity contribution in [2.75, 3.05) is 11.1 Å². The Labute approximate surface area is 186 Å². The second-order valence-corrected chi connectivity index (χ2v) is 6.99. The van der Waals surface area contributed by atoms with E-state index in [2.05, 4.69) is 35.2 Å². The van der Waals surface area contributed by atoms with E-state index in [0.29, 0.717) is 27.9 Å². The first-order valence-electron chi connectivity index (χ1n) is 9.48. The second-order valence-electron chi connectivity index (χ2n) is 6.99. The summed E-state index contributed by atoms with van der Waals surface area (Å²) in [5, 5.41) is 9.69. The molecule has 0 saturated heterocycles. The summed E-state index contributed by atoms with van der Waals surface area (Å²) < 4.78 is 56.6. The minimum absolute atomic E-state index is 0.0143. The number of pyridine rings is 1. The Kier molecular flexibility index (Phi) is 4.77. The molecule has 0 saturated carbocycles. The van der Waals surface area contributed by atoms with Gasteiger partial charge in [0.05, 0.1) is 23.0 Å². The molecule has 10 nitrogen and oxygen atoms in total. The molecule has 5 rings (SSSR count). The minimum atomic E-state index is -4.96. The number of rotatable bonds is 4. The summed E-state index contributed by atoms with van der Waals surface area (Å²) in [5.41, 5.74) is 7.39. The molecule has 172 valence electrons. The van der Waals surface area contributed by atoms with Crippen LogP contribution in [0.1, 0.15) is 10.5 Å². The van der Waals surface area contributed by atoms with Gasteiger partial charge in [0, 0.05) is 17.8 Å². The third-order valence-corrected chi connectivity index (χ3v) is 4.83. The predicted octanol–water partition coefficient (Wildman–Crippen LogP) is 3.54. The fraction of sp³-hybridized carbons (Fsp3) is 0.0500. The maximum absolute atomic E-state index is 14.1. The van der Waals surface area contributed by atoms with Crippen molar-refractivity contribution in [1.29, 1.82) is 0 Å². The molecule has 0 radical (unpaired) electrons. The summed E-state index contributed by atoms with van der Waals surface area (Å²) in [5.74, 6) is -2.18. The first kappa shape index (κ1) is 21.1. The summed E-state index contributed by atoms with van der Waals surface area (Å²) in [7, 11) is 0. The normalized spacial score (nSPS) is 11.8. The third kappa shape index (κ3) is 3.80. The molecule has 0 bridgehead atoms. The second kappa shape index (κ2) is 7.68. The maximum atomic E-state index is 14.1. The number of nitrogens with one attached hydrogen (secondary N) is 2. The number of benzene rings is 1. The fourth-order valence-electron chi connectivity index (χ4n) is 3.38. The van der Waals surface area contributed by atoms with Crippen molar-refractivity contribution in [3.63, 3.8) is 0 Å². The Hall–Kier alpha value is -4.75. The number of alkyl halides is 3. The van der Waals surface area contributed by atoms with Crippen molar-refractivity contribution in [1.82, 2.24) is 29.5 Å². The van der Waals surface area contributed by atoms with Crippen LogP contribution in [-0.2, 0) is 0 Å². The van der Waals surface area contributed by atoms with Gasteiger partial charge in [-0.3, -0.25) is 14.3 Å². The molecule has 4 aromatic heterocycles. The van der Waals surface area contributed by atoms with E-state index < -0.39 is 29.5 Å². The van der Waals surface area contributed by atoms with E-state index in [9.17, 15) is 22.4 Å². The number of fused-ring (bicyclic) bond motifs is 2. The van der Waals surface area contributed by atoms with Gasteiger partial charge in [0.25, 0.3) is 5.91 Å². The lowest BCUT2D eigenvalue weighted by Crippen LogP contribution is -2.18. The highest BCUT2D eigenvalue weighted by molar-refractivity contribution is 6.04. The molecule has 1 aromatic carbocycles. The van der Waals surface area contributed by atoms with Gasteiger partial charge in [-0.2, -0.15) is 5.10 Å². The lowest BCUT2D eigenvalue weighted by Gasteiger charge is -2.11. The number of halogens is 4. The largest absolute Gasteiger partial charge is 0.573 e. The van der Waals surface area contributed by atoms with Crippen LogP contribution in [-0.4, -0.2) is 41.8 Å². The smallest absolute Gasteiger partial charge is 0.406 e. The van der Waals surface area contributed by atoms with Gasteiger partial charge < -0.3 is 15.8 Å². The summed E-state index contributed by atoms with van der Waals surface area (Å²) >= 11 is 0. The Bertz CT molecular complexity index is 1560. The molecule has 1 amide bonds. The van der Waals surface area contributed by atoms with Crippen LogP contribution >= 0.6 is 0 Å². The van der Waals surface area contributed by atoms with E-state index in [0.717, 1.165) is 18.2 Å². The molecule has 0 aliphatic carbocycles. The fourth-order valence-corrected chi connectivity index (χ4v) is 3.38. The SMILES string of the molecule is Nc1ncnc2n[nH]c(-c3ccn4c(C(=O)Nc5cc(OC(F)(F)F)ccc5F)cnc4c3)c12. The van der Waals surface area contributed by atoms with Crippen LogP contribution in [0, 0.1) is 5.82 Å². The average molecular weight is 472 g/mol. The Morgan fingerprint density at radius 1 is 1.15 bits per heavy atom. The molecule has 0 atom stereocenters. The van der Waals surface area contributed by atoms with Gasteiger partial charge in [-0.05, 0) is 24.3 Å². The van der Waals surface area contributed by atoms with Gasteiger partial charge >= 0.3 is 6.36 Å². The van der Waals surface area contributed by atoms with Crippen molar-refractivity contribution in [3.8, 4) is 17.0 Å². The van der Waals surface area contributed by atoms with Gasteiger partial charge in [0.15, 0.2) is 5.65 Å². The van der Waals surface area contributed by atoms with E-state index in [1.165, 1.54) is 16.9 Å². The molecule has 0 spiro atoms. The van der Waals surface area contributed by atoms with Crippen LogP contribution in [0.2, 0.25) is 0 Å². The van der Waals surface area contributed by atoms with Crippen LogP contribution in [0.15, 0.2) is 49.1 Å². The Morgan fingerprint density at radius 3 is 2.76 bits per heavy atom. The molecule has 4 heterocycles. The van der Waals surface area contributed by atoms with Crippen molar-refractivity contribution < 1.29 is 27.1 Å². The predicted molar refractivity (Wildman–Crippen MR) is 111 cm³/mol. The van der Waals surface area contributed by atoms with Crippen LogP contribution in [0.5, 0.6) is 5.75 Å². The van der Waals surface area contributed by atoms with Crippen molar-refractivity contribution in [3.05, 3.63) is 60.6 Å². The zero-order valence-corrected chi connectivity index (χ0v) is 16.8. The number of carbonyl (C=O) groups excluding carboxylic acids is 1. The molecule has 5 aromatic rings. The third-order valence-electron chi connectivity index (χ3n) is 4.83. The molecule has 0 unspecified atom stereocenters. The molecule has 0 aliphatic rings. The quantitative estimate of drug-likeness (QED) is 0.341. The van der Waals surface area contributed by atoms with Gasteiger partial charge in [-0.15, -0.1) is 13.2 Å². The average Bonchev–Trinajstić information content (AvgIpc) is 3.39. The summed E-state index contributed by atoms with van der Waals surface area (Å²) in [6.07, 6.45) is -0.891. The highest BCUT2D eigenvalue weighted by Crippen LogP contribution is 2.30. The standard InChI is InChI=1S/C20H12F4N8O2/c21-11-2-1-10(34-20(22,23)24)6-12(11)29-19(33)13-7-26-14-5-9(3-4-32(13)14)16-15-17(25)27-8-28-18(15)31-30-16/h1-8H,(H,29,33)(H3,25,27,28,30,31). The first-order valence-corrected chi connectivity index (χ1v) is 9.48. The lowest BCUT2D eigenvalue weighted by molar-refractivity contribution is -0.274. The molecule has 4 N–H and O–H groups in total. The van der Waals surface area contributed by atoms with Gasteiger partial charge in [-0.25, -0.2) is 19.3 Å². The number of carbonyl (C=O) groups is 1. The number of H-pyrrole nitrogens is 1. The van der Waals surface area contributed by atoms with Gasteiger partial charge in [0.2, 0.25) is 0 Å². The molecule has 0 aliphatic heterocycles. The molecular formula is C20H12F4N8O2. The maximum Gasteiger partial charge on any atom is 0.573 e. The number of nitrogens with two attached hydrogens (primary N) is 1. The highest BCUT2D eigenvalue weighted by atomic mass is 19.4. The number of hydrogen-bond acceptors (Lipinski definition) is 7. The number of ether oxygens (including phenoxy) is 1. The van der Waals surface area contributed by atoms with Gasteiger partial charge in [-0.1, -0.05) is 0 Å². The van der Waals surface area contributed by atoms with Crippen LogP contribution in [0.4, 0.5) is 29.1 Å². The summed E-state index contributed by atoms with van der Waals surface area (Å²) in [4.78, 5) is 24.9. The van der Waals surface area contributed by atoms with E-state index in [4.69, 9.17) is 5.73 Å². The van der Waals surface area contributed by atoms with Crippen molar-refractivity contribution in [2.45, 2.75) is 6.36 Å². The minimum Gasteiger partial charge on any atom is -0.406 e. The summed E-state index contributed by atoms with van der Waals surface area (Å²) in [6.45, 7) is 0. The number of aromatic amines is 1. The Balaban J connectivity index is 1.45. The number of anilines is 2. The number of imidazole rings is 1. The highest BCUT2D eigenvalue weighted by Gasteiger charge is 2.31. The number of nitrogens with zero attached hydrogens (tertiary/aromatic N) is 5. The topological polar surface area (TPSA) is 136 Å². The van der Waals surface area contributed by atoms with E-state index in [-0.39, 0.29) is 11.5 Å². The first-order chi connectivity index (χ1) is 16.2. The summed E-state index contributed by atoms with van der Waals surface area (Å²) in [6, 6.07) is 5.59. The monoisotopic (exact) mass is 472 g/mol. The molecule has 0 fully saturated rings. The Morgan fingerprint density at radius 2 is 1.97 bits per heavy atom. The molecule has 34 heavy (non-hydrogen) atoms. The van der Waals surface area contributed by atoms with Crippen LogP contribution in [0.25, 0.3) is 27.9 Å². The number of nitrogen functional groups attached to an aromatic ring is 1. The zero-order valence-electron chi connectivity index (χ0n) is 16.8. The van der Waals surface area contributed by atoms with Crippen LogP contribution in [0.3, 0.4) is 0 Å². The van der Waals surface area contributed by atoms with E-state index >= 15 is 0 Å². The molecule has 14 heteroatoms. The van der Waals surface area contributed by atoms with E-state index in [1.807, 2.05) is 0 Å². The zero-order chi connectivity index (χ0) is 24.0. The number of hydrogen-bond donors (Lipinski definition) is 3. The van der Waals surface area contributed by atoms with Crippen molar-refractivity contribution in [2.24, 2.45) is 0 Å². The molecular weight excluding hydrogens is 460 g/mol. The number of aromatic nitrogens is 6. The van der Waals surface area contributed by atoms with E-state index in [1.54, 1.807) is 18.3 Å². The van der Waals surface area contributed by atoms with Gasteiger partial charge in [0.1, 0.15) is 35.1 Å². The van der Waals surface area contributed by atoms with Crippen LogP contribution < -0.4 is 15.8 Å². The van der Waals surface area contributed by atoms with Crippen molar-refractivity contribution >= 4 is 34.1 Å². The lowest BCUT2D eigenvalue weighted by atomic mass is 10.1.